The second kappa shape index (κ2) is 9.98. The van der Waals surface area contributed by atoms with Gasteiger partial charge < -0.3 is 15.4 Å². The summed E-state index contributed by atoms with van der Waals surface area (Å²) in [6.07, 6.45) is 1.74. The molecule has 1 heterocycles. The molecule has 0 saturated carbocycles. The second-order valence-electron chi connectivity index (χ2n) is 7.06. The highest BCUT2D eigenvalue weighted by molar-refractivity contribution is 8.18. The fraction of sp³-hybridized carbons (Fsp3) is 0.0800. The number of nitrogens with zero attached hydrogens (tertiary/aromatic N) is 1. The summed E-state index contributed by atoms with van der Waals surface area (Å²) in [6.45, 7) is 1.86. The van der Waals surface area contributed by atoms with Crippen LogP contribution in [0.5, 0.6) is 5.75 Å². The zero-order valence-electron chi connectivity index (χ0n) is 17.4. The lowest BCUT2D eigenvalue weighted by atomic mass is 10.2. The number of hydrogen-bond acceptors (Lipinski definition) is 5. The van der Waals surface area contributed by atoms with Crippen LogP contribution in [-0.4, -0.2) is 23.6 Å². The summed E-state index contributed by atoms with van der Waals surface area (Å²) in [5, 5.41) is 6.09. The van der Waals surface area contributed by atoms with Crippen molar-refractivity contribution >= 4 is 46.2 Å². The second-order valence-corrected chi connectivity index (χ2v) is 8.09. The summed E-state index contributed by atoms with van der Waals surface area (Å²) in [5.41, 5.74) is 3.32. The van der Waals surface area contributed by atoms with Gasteiger partial charge in [0.1, 0.15) is 5.75 Å². The Morgan fingerprint density at radius 3 is 2.53 bits per heavy atom. The summed E-state index contributed by atoms with van der Waals surface area (Å²) in [4.78, 5) is 29.6. The maximum atomic E-state index is 12.4. The number of nitrogens with one attached hydrogen (secondary N) is 2. The smallest absolute Gasteiger partial charge is 0.264 e. The number of carbonyl (C=O) groups excluding carboxylic acids is 2. The average Bonchev–Trinajstić information content (AvgIpc) is 3.14. The van der Waals surface area contributed by atoms with Crippen molar-refractivity contribution in [1.29, 1.82) is 0 Å². The zero-order valence-corrected chi connectivity index (χ0v) is 18.2. The number of aliphatic imine (C=N–C) groups is 1. The molecule has 1 fully saturated rings. The van der Waals surface area contributed by atoms with Crippen LogP contribution in [-0.2, 0) is 9.59 Å². The molecule has 0 unspecified atom stereocenters. The van der Waals surface area contributed by atoms with Crippen molar-refractivity contribution in [2.45, 2.75) is 6.92 Å². The number of amides is 2. The molecule has 4 rings (SSSR count). The zero-order chi connectivity index (χ0) is 22.3. The molecule has 32 heavy (non-hydrogen) atoms. The van der Waals surface area contributed by atoms with Crippen LogP contribution in [0.25, 0.3) is 6.08 Å². The summed E-state index contributed by atoms with van der Waals surface area (Å²) in [6, 6.07) is 24.2. The molecule has 0 atom stereocenters. The van der Waals surface area contributed by atoms with E-state index in [9.17, 15) is 9.59 Å². The highest BCUT2D eigenvalue weighted by atomic mass is 32.2. The van der Waals surface area contributed by atoms with Crippen LogP contribution < -0.4 is 15.4 Å². The minimum atomic E-state index is -0.265. The number of carbonyl (C=O) groups is 2. The van der Waals surface area contributed by atoms with Crippen molar-refractivity contribution in [2.75, 3.05) is 11.9 Å². The Hall–Kier alpha value is -3.84. The van der Waals surface area contributed by atoms with Crippen molar-refractivity contribution in [3.63, 3.8) is 0 Å². The van der Waals surface area contributed by atoms with Crippen LogP contribution in [0.3, 0.4) is 0 Å². The van der Waals surface area contributed by atoms with Gasteiger partial charge in [-0.2, -0.15) is 0 Å². The number of rotatable bonds is 6. The lowest BCUT2D eigenvalue weighted by Crippen LogP contribution is -2.20. The Bertz CT molecular complexity index is 1190. The third kappa shape index (κ3) is 5.65. The fourth-order valence-electron chi connectivity index (χ4n) is 2.95. The number of benzene rings is 3. The third-order valence-corrected chi connectivity index (χ3v) is 5.45. The molecule has 0 bridgehead atoms. The van der Waals surface area contributed by atoms with E-state index in [2.05, 4.69) is 15.6 Å². The van der Waals surface area contributed by atoms with Crippen LogP contribution in [0.1, 0.15) is 11.1 Å². The Balaban J connectivity index is 1.44. The van der Waals surface area contributed by atoms with Crippen molar-refractivity contribution < 1.29 is 14.3 Å². The summed E-state index contributed by atoms with van der Waals surface area (Å²) >= 11 is 1.26. The van der Waals surface area contributed by atoms with Crippen LogP contribution in [0.4, 0.5) is 11.4 Å². The summed E-state index contributed by atoms with van der Waals surface area (Å²) in [5.74, 6) is 0.0252. The number of amidine groups is 1. The molecule has 7 heteroatoms. The predicted octanol–water partition coefficient (Wildman–Crippen LogP) is 4.90. The largest absolute Gasteiger partial charge is 0.483 e. The molecule has 1 aliphatic rings. The molecular formula is C25H21N3O3S. The van der Waals surface area contributed by atoms with E-state index in [1.165, 1.54) is 11.8 Å². The number of anilines is 1. The molecular weight excluding hydrogens is 422 g/mol. The number of aryl methyl sites for hydroxylation is 1. The molecule has 3 aromatic carbocycles. The quantitative estimate of drug-likeness (QED) is 0.531. The Morgan fingerprint density at radius 2 is 1.75 bits per heavy atom. The average molecular weight is 444 g/mol. The van der Waals surface area contributed by atoms with Gasteiger partial charge in [0.05, 0.1) is 10.6 Å². The van der Waals surface area contributed by atoms with Gasteiger partial charge in [-0.05, 0) is 55.1 Å². The first-order valence-corrected chi connectivity index (χ1v) is 10.8. The molecule has 0 aliphatic carbocycles. The van der Waals surface area contributed by atoms with Gasteiger partial charge >= 0.3 is 0 Å². The van der Waals surface area contributed by atoms with Gasteiger partial charge in [0.2, 0.25) is 0 Å². The van der Waals surface area contributed by atoms with E-state index in [0.717, 1.165) is 11.3 Å². The molecule has 1 saturated heterocycles. The number of para-hydroxylation sites is 2. The molecule has 2 N–H and O–H groups in total. The van der Waals surface area contributed by atoms with E-state index in [1.807, 2.05) is 79.7 Å². The molecule has 0 radical (unpaired) electrons. The van der Waals surface area contributed by atoms with Crippen molar-refractivity contribution in [3.05, 3.63) is 94.9 Å². The first-order chi connectivity index (χ1) is 15.6. The van der Waals surface area contributed by atoms with Gasteiger partial charge in [-0.15, -0.1) is 0 Å². The maximum absolute atomic E-state index is 12.4. The van der Waals surface area contributed by atoms with E-state index >= 15 is 0 Å². The minimum absolute atomic E-state index is 0.144. The van der Waals surface area contributed by atoms with Gasteiger partial charge in [-0.1, -0.05) is 54.1 Å². The molecule has 0 spiro atoms. The van der Waals surface area contributed by atoms with Crippen molar-refractivity contribution in [1.82, 2.24) is 5.32 Å². The first-order valence-electron chi connectivity index (χ1n) is 10.00. The molecule has 160 valence electrons. The van der Waals surface area contributed by atoms with E-state index in [4.69, 9.17) is 4.74 Å². The molecule has 3 aromatic rings. The fourth-order valence-corrected chi connectivity index (χ4v) is 3.78. The van der Waals surface area contributed by atoms with Gasteiger partial charge in [-0.25, -0.2) is 4.99 Å². The number of hydrogen-bond donors (Lipinski definition) is 2. The van der Waals surface area contributed by atoms with Crippen molar-refractivity contribution in [3.8, 4) is 5.75 Å². The minimum Gasteiger partial charge on any atom is -0.483 e. The van der Waals surface area contributed by atoms with Gasteiger partial charge in [-0.3, -0.25) is 9.59 Å². The lowest BCUT2D eigenvalue weighted by Gasteiger charge is -2.10. The summed E-state index contributed by atoms with van der Waals surface area (Å²) < 4.78 is 5.72. The predicted molar refractivity (Wildman–Crippen MR) is 129 cm³/mol. The van der Waals surface area contributed by atoms with E-state index < -0.39 is 0 Å². The Labute approximate surface area is 190 Å². The van der Waals surface area contributed by atoms with Gasteiger partial charge in [0.15, 0.2) is 11.8 Å². The van der Waals surface area contributed by atoms with E-state index in [-0.39, 0.29) is 18.4 Å². The highest BCUT2D eigenvalue weighted by Crippen LogP contribution is 2.30. The standard InChI is InChI=1S/C25H21N3O3S/c1-17-11-13-20(14-12-17)27-25-28-24(30)22(32-25)15-18-7-5-6-10-21(18)31-16-23(29)26-19-8-3-2-4-9-19/h2-15H,16H2,1H3,(H,26,29)(H,27,28,30). The first kappa shape index (κ1) is 21.4. The molecule has 1 aliphatic heterocycles. The van der Waals surface area contributed by atoms with E-state index in [1.54, 1.807) is 12.1 Å². The molecule has 6 nitrogen and oxygen atoms in total. The molecule has 0 aromatic heterocycles. The molecule has 2 amide bonds. The highest BCUT2D eigenvalue weighted by Gasteiger charge is 2.24. The summed E-state index contributed by atoms with van der Waals surface area (Å²) in [7, 11) is 0. The Morgan fingerprint density at radius 1 is 1.03 bits per heavy atom. The van der Waals surface area contributed by atoms with E-state index in [0.29, 0.717) is 27.1 Å². The Kier molecular flexibility index (Phi) is 6.67. The van der Waals surface area contributed by atoms with Crippen LogP contribution in [0.15, 0.2) is 88.8 Å². The monoisotopic (exact) mass is 443 g/mol. The lowest BCUT2D eigenvalue weighted by molar-refractivity contribution is -0.118. The normalized spacial score (nSPS) is 15.6. The van der Waals surface area contributed by atoms with Crippen LogP contribution in [0, 0.1) is 6.92 Å². The van der Waals surface area contributed by atoms with Crippen LogP contribution >= 0.6 is 11.8 Å². The topological polar surface area (TPSA) is 79.8 Å². The third-order valence-electron chi connectivity index (χ3n) is 4.54. The van der Waals surface area contributed by atoms with Gasteiger partial charge in [0.25, 0.3) is 11.8 Å². The number of thioether (sulfide) groups is 1. The number of ether oxygens (including phenoxy) is 1. The van der Waals surface area contributed by atoms with Crippen molar-refractivity contribution in [2.24, 2.45) is 4.99 Å². The SMILES string of the molecule is Cc1ccc(N=C2NC(=O)C(=Cc3ccccc3OCC(=O)Nc3ccccc3)S2)cc1. The maximum Gasteiger partial charge on any atom is 0.264 e. The van der Waals surface area contributed by atoms with Gasteiger partial charge in [0, 0.05) is 11.3 Å². The van der Waals surface area contributed by atoms with Crippen LogP contribution in [0.2, 0.25) is 0 Å².